The Kier molecular flexibility index (Phi) is 6.56. The Morgan fingerprint density at radius 2 is 2.17 bits per heavy atom. The highest BCUT2D eigenvalue weighted by molar-refractivity contribution is 7.98. The molecular weight excluding hydrogens is 453 g/mol. The largest absolute Gasteiger partial charge is 0.573 e. The average molecular weight is 467 g/mol. The van der Waals surface area contributed by atoms with Crippen molar-refractivity contribution in [3.05, 3.63) is 38.5 Å². The number of nitrogens with one attached hydrogen (secondary N) is 2. The first kappa shape index (κ1) is 21.7. The number of aliphatic hydroxyl groups is 1. The molecule has 0 aliphatic rings. The predicted molar refractivity (Wildman–Crippen MR) is 106 cm³/mol. The van der Waals surface area contributed by atoms with Crippen LogP contribution >= 0.6 is 34.7 Å². The molecule has 0 aliphatic heterocycles. The molecule has 7 nitrogen and oxygen atoms in total. The van der Waals surface area contributed by atoms with Crippen molar-refractivity contribution >= 4 is 50.9 Å². The molecule has 0 aliphatic carbocycles. The first-order valence-electron chi connectivity index (χ1n) is 8.10. The molecule has 1 atom stereocenters. The number of thioether (sulfide) groups is 1. The maximum Gasteiger partial charge on any atom is 0.573 e. The van der Waals surface area contributed by atoms with Gasteiger partial charge in [-0.2, -0.15) is 0 Å². The quantitative estimate of drug-likeness (QED) is 0.357. The van der Waals surface area contributed by atoms with E-state index in [1.165, 1.54) is 23.9 Å². The van der Waals surface area contributed by atoms with Gasteiger partial charge in [0.1, 0.15) is 10.4 Å². The molecule has 2 aromatic heterocycles. The maximum absolute atomic E-state index is 12.3. The number of thiazole rings is 1. The second kappa shape index (κ2) is 8.78. The van der Waals surface area contributed by atoms with Crippen LogP contribution in [0.15, 0.2) is 28.2 Å². The van der Waals surface area contributed by atoms with Crippen LogP contribution in [0.1, 0.15) is 12.5 Å². The molecule has 0 bridgehead atoms. The number of aromatic amines is 1. The third kappa shape index (κ3) is 5.75. The van der Waals surface area contributed by atoms with E-state index in [2.05, 4.69) is 25.0 Å². The molecule has 3 aromatic rings. The molecule has 0 radical (unpaired) electrons. The molecule has 3 N–H and O–H groups in total. The molecule has 0 saturated carbocycles. The Morgan fingerprint density at radius 1 is 1.41 bits per heavy atom. The summed E-state index contributed by atoms with van der Waals surface area (Å²) in [7, 11) is 0. The molecule has 156 valence electrons. The van der Waals surface area contributed by atoms with E-state index in [1.54, 1.807) is 6.92 Å². The number of benzene rings is 1. The number of hydrogen-bond donors (Lipinski definition) is 3. The van der Waals surface area contributed by atoms with Crippen molar-refractivity contribution in [3.63, 3.8) is 0 Å². The molecule has 0 amide bonds. The third-order valence-corrected chi connectivity index (χ3v) is 5.60. The van der Waals surface area contributed by atoms with E-state index in [0.717, 1.165) is 17.4 Å². The van der Waals surface area contributed by atoms with Gasteiger partial charge in [-0.15, -0.1) is 13.2 Å². The molecule has 13 heteroatoms. The fourth-order valence-electron chi connectivity index (χ4n) is 2.26. The highest BCUT2D eigenvalue weighted by atomic mass is 35.5. The van der Waals surface area contributed by atoms with Gasteiger partial charge in [-0.05, 0) is 24.6 Å². The van der Waals surface area contributed by atoms with E-state index in [9.17, 15) is 23.1 Å². The number of aromatic nitrogens is 3. The molecule has 3 rings (SSSR count). The summed E-state index contributed by atoms with van der Waals surface area (Å²) in [5.74, 6) is 0.251. The summed E-state index contributed by atoms with van der Waals surface area (Å²) >= 11 is 8.02. The Hall–Kier alpha value is -2.02. The standard InChI is InChI=1S/C16H14ClF3N4O3S2/c1-7(5-25)21-12-11-13(24-15(26)29-11)23-14(22-12)28-6-8-2-3-10(9(17)4-8)27-16(18,19)20/h2-4,7,25H,5-6H2,1H3,(H2,21,22,23,24,26)/t7-/m1/s1. The normalized spacial score (nSPS) is 12.9. The topological polar surface area (TPSA) is 100 Å². The van der Waals surface area contributed by atoms with Gasteiger partial charge in [-0.25, -0.2) is 9.97 Å². The van der Waals surface area contributed by atoms with Crippen LogP contribution < -0.4 is 14.9 Å². The zero-order chi connectivity index (χ0) is 21.2. The smallest absolute Gasteiger partial charge is 0.404 e. The van der Waals surface area contributed by atoms with Gasteiger partial charge in [0, 0.05) is 11.8 Å². The van der Waals surface area contributed by atoms with Crippen LogP contribution in [0.4, 0.5) is 19.0 Å². The van der Waals surface area contributed by atoms with Crippen LogP contribution in [-0.4, -0.2) is 39.1 Å². The van der Waals surface area contributed by atoms with E-state index >= 15 is 0 Å². The summed E-state index contributed by atoms with van der Waals surface area (Å²) in [5.41, 5.74) is 0.993. The minimum absolute atomic E-state index is 0.127. The summed E-state index contributed by atoms with van der Waals surface area (Å²) in [6, 6.07) is 3.68. The lowest BCUT2D eigenvalue weighted by molar-refractivity contribution is -0.274. The number of fused-ring (bicyclic) bond motifs is 1. The van der Waals surface area contributed by atoms with Gasteiger partial charge in [0.05, 0.1) is 11.6 Å². The number of H-pyrrole nitrogens is 1. The lowest BCUT2D eigenvalue weighted by atomic mass is 10.2. The average Bonchev–Trinajstić information content (AvgIpc) is 3.01. The molecule has 1 aromatic carbocycles. The predicted octanol–water partition coefficient (Wildman–Crippen LogP) is 4.02. The van der Waals surface area contributed by atoms with Crippen LogP contribution in [0.2, 0.25) is 5.02 Å². The van der Waals surface area contributed by atoms with Crippen LogP contribution in [0.5, 0.6) is 5.75 Å². The van der Waals surface area contributed by atoms with Gasteiger partial charge >= 0.3 is 11.2 Å². The third-order valence-electron chi connectivity index (χ3n) is 3.51. The Bertz CT molecular complexity index is 1070. The summed E-state index contributed by atoms with van der Waals surface area (Å²) < 4.78 is 41.4. The van der Waals surface area contributed by atoms with Crippen LogP contribution in [0.25, 0.3) is 10.3 Å². The number of halogens is 4. The van der Waals surface area contributed by atoms with Crippen LogP contribution in [-0.2, 0) is 5.75 Å². The molecular formula is C16H14ClF3N4O3S2. The van der Waals surface area contributed by atoms with Gasteiger partial charge in [-0.3, -0.25) is 9.78 Å². The summed E-state index contributed by atoms with van der Waals surface area (Å²) in [5, 5.41) is 12.4. The minimum Gasteiger partial charge on any atom is -0.404 e. The molecule has 0 spiro atoms. The second-order valence-corrected chi connectivity index (χ2v) is 8.21. The van der Waals surface area contributed by atoms with Crippen molar-refractivity contribution in [1.82, 2.24) is 15.0 Å². The van der Waals surface area contributed by atoms with Crippen molar-refractivity contribution < 1.29 is 23.0 Å². The van der Waals surface area contributed by atoms with Gasteiger partial charge in [0.15, 0.2) is 16.6 Å². The summed E-state index contributed by atoms with van der Waals surface area (Å²) in [6.07, 6.45) is -4.82. The number of nitrogens with zero attached hydrogens (tertiary/aromatic N) is 2. The van der Waals surface area contributed by atoms with E-state index in [-0.39, 0.29) is 22.5 Å². The maximum atomic E-state index is 12.3. The minimum atomic E-state index is -4.82. The lowest BCUT2D eigenvalue weighted by Gasteiger charge is -2.13. The fourth-order valence-corrected chi connectivity index (χ4v) is 4.01. The number of hydrogen-bond acceptors (Lipinski definition) is 8. The van der Waals surface area contributed by atoms with E-state index in [4.69, 9.17) is 11.6 Å². The van der Waals surface area contributed by atoms with Crippen LogP contribution in [0.3, 0.4) is 0 Å². The highest BCUT2D eigenvalue weighted by Crippen LogP contribution is 2.33. The Morgan fingerprint density at radius 3 is 2.83 bits per heavy atom. The van der Waals surface area contributed by atoms with Crippen molar-refractivity contribution in [2.45, 2.75) is 30.2 Å². The zero-order valence-corrected chi connectivity index (χ0v) is 17.1. The molecule has 0 unspecified atom stereocenters. The molecule has 0 fully saturated rings. The van der Waals surface area contributed by atoms with Crippen molar-refractivity contribution in [2.75, 3.05) is 11.9 Å². The van der Waals surface area contributed by atoms with Crippen molar-refractivity contribution in [1.29, 1.82) is 0 Å². The number of ether oxygens (including phenoxy) is 1. The first-order chi connectivity index (χ1) is 13.6. The number of rotatable bonds is 7. The molecule has 29 heavy (non-hydrogen) atoms. The summed E-state index contributed by atoms with van der Waals surface area (Å²) in [6.45, 7) is 1.63. The molecule has 2 heterocycles. The van der Waals surface area contributed by atoms with Crippen molar-refractivity contribution in [2.24, 2.45) is 0 Å². The monoisotopic (exact) mass is 466 g/mol. The zero-order valence-electron chi connectivity index (χ0n) is 14.7. The SMILES string of the molecule is C[C@H](CO)Nc1nc(SCc2ccc(OC(F)(F)F)c(Cl)c2)nc2[nH]c(=O)sc12. The lowest BCUT2D eigenvalue weighted by Crippen LogP contribution is -2.20. The fraction of sp³-hybridized carbons (Fsp3) is 0.312. The molecule has 0 saturated heterocycles. The highest BCUT2D eigenvalue weighted by Gasteiger charge is 2.32. The first-order valence-corrected chi connectivity index (χ1v) is 10.3. The second-order valence-electron chi connectivity index (χ2n) is 5.88. The van der Waals surface area contributed by atoms with Crippen molar-refractivity contribution in [3.8, 4) is 5.75 Å². The van der Waals surface area contributed by atoms with Gasteiger partial charge in [-0.1, -0.05) is 40.8 Å². The van der Waals surface area contributed by atoms with Crippen LogP contribution in [0, 0.1) is 0 Å². The number of aliphatic hydroxyl groups excluding tert-OH is 1. The van der Waals surface area contributed by atoms with E-state index < -0.39 is 12.1 Å². The van der Waals surface area contributed by atoms with E-state index in [1.807, 2.05) is 0 Å². The number of alkyl halides is 3. The number of anilines is 1. The van der Waals surface area contributed by atoms with Gasteiger partial charge in [0.2, 0.25) is 0 Å². The Labute approximate surface area is 175 Å². The Balaban J connectivity index is 1.80. The van der Waals surface area contributed by atoms with E-state index in [0.29, 0.717) is 32.6 Å². The van der Waals surface area contributed by atoms with Gasteiger partial charge in [0.25, 0.3) is 0 Å². The summed E-state index contributed by atoms with van der Waals surface area (Å²) in [4.78, 5) is 22.7. The van der Waals surface area contributed by atoms with Gasteiger partial charge < -0.3 is 15.2 Å².